The number of urea groups is 1. The largest absolute Gasteiger partial charge is 0.480 e. The molecule has 2 unspecified atom stereocenters. The van der Waals surface area contributed by atoms with Crippen molar-refractivity contribution in [1.29, 1.82) is 0 Å². The van der Waals surface area contributed by atoms with Crippen LogP contribution >= 0.6 is 0 Å². The summed E-state index contributed by atoms with van der Waals surface area (Å²) in [6.07, 6.45) is 5.91. The molecule has 0 rings (SSSR count). The number of hydrogen-bond donors (Lipinski definition) is 3. The summed E-state index contributed by atoms with van der Waals surface area (Å²) in [5.74, 6) is 1.59. The Balaban J connectivity index is 4.22. The fourth-order valence-corrected chi connectivity index (χ4v) is 1.34. The number of terminal acetylenes is 1. The molecule has 0 aromatic heterocycles. The van der Waals surface area contributed by atoms with Crippen LogP contribution in [0.25, 0.3) is 0 Å². The number of carboxylic acids is 1. The molecule has 17 heavy (non-hydrogen) atoms. The summed E-state index contributed by atoms with van der Waals surface area (Å²) in [5.41, 5.74) is 0. The van der Waals surface area contributed by atoms with Gasteiger partial charge in [0.25, 0.3) is 0 Å². The molecule has 0 heterocycles. The fourth-order valence-electron chi connectivity index (χ4n) is 1.34. The Bertz CT molecular complexity index is 307. The SMILES string of the molecule is C#CCC(C)NC(=O)NC(CC(C)C)C(=O)O. The predicted octanol–water partition coefficient (Wildman–Crippen LogP) is 1.20. The van der Waals surface area contributed by atoms with Crippen LogP contribution in [0, 0.1) is 18.3 Å². The molecule has 5 nitrogen and oxygen atoms in total. The molecule has 2 amide bonds. The van der Waals surface area contributed by atoms with E-state index in [2.05, 4.69) is 16.6 Å². The van der Waals surface area contributed by atoms with Gasteiger partial charge in [0.1, 0.15) is 6.04 Å². The molecule has 0 aromatic carbocycles. The summed E-state index contributed by atoms with van der Waals surface area (Å²) in [5, 5.41) is 13.9. The molecule has 2 atom stereocenters. The van der Waals surface area contributed by atoms with Gasteiger partial charge >= 0.3 is 12.0 Å². The van der Waals surface area contributed by atoms with Crippen molar-refractivity contribution in [2.75, 3.05) is 0 Å². The Morgan fingerprint density at radius 3 is 2.29 bits per heavy atom. The van der Waals surface area contributed by atoms with Gasteiger partial charge < -0.3 is 15.7 Å². The second-order valence-corrected chi connectivity index (χ2v) is 4.45. The highest BCUT2D eigenvalue weighted by atomic mass is 16.4. The van der Waals surface area contributed by atoms with Gasteiger partial charge in [-0.2, -0.15) is 0 Å². The second-order valence-electron chi connectivity index (χ2n) is 4.45. The first-order valence-electron chi connectivity index (χ1n) is 5.60. The normalized spacial score (nSPS) is 13.6. The molecule has 0 aliphatic carbocycles. The maximum atomic E-state index is 11.5. The summed E-state index contributed by atoms with van der Waals surface area (Å²) in [6, 6.07) is -1.54. The van der Waals surface area contributed by atoms with Gasteiger partial charge in [0.2, 0.25) is 0 Å². The number of amides is 2. The molecule has 0 fully saturated rings. The van der Waals surface area contributed by atoms with Gasteiger partial charge in [-0.3, -0.25) is 0 Å². The van der Waals surface area contributed by atoms with Crippen LogP contribution in [-0.4, -0.2) is 29.2 Å². The molecule has 0 radical (unpaired) electrons. The molecule has 0 spiro atoms. The van der Waals surface area contributed by atoms with Crippen LogP contribution in [0.5, 0.6) is 0 Å². The number of nitrogens with one attached hydrogen (secondary N) is 2. The summed E-state index contributed by atoms with van der Waals surface area (Å²) in [6.45, 7) is 5.56. The van der Waals surface area contributed by atoms with Crippen LogP contribution in [-0.2, 0) is 4.79 Å². The van der Waals surface area contributed by atoms with Crippen LogP contribution in [0.15, 0.2) is 0 Å². The van der Waals surface area contributed by atoms with Crippen molar-refractivity contribution in [3.8, 4) is 12.3 Å². The van der Waals surface area contributed by atoms with Crippen LogP contribution in [0.4, 0.5) is 4.79 Å². The van der Waals surface area contributed by atoms with Crippen LogP contribution in [0.1, 0.15) is 33.6 Å². The molecule has 0 aliphatic rings. The van der Waals surface area contributed by atoms with E-state index in [1.54, 1.807) is 6.92 Å². The summed E-state index contributed by atoms with van der Waals surface area (Å²) < 4.78 is 0. The first kappa shape index (κ1) is 15.3. The van der Waals surface area contributed by atoms with Crippen LogP contribution in [0.3, 0.4) is 0 Å². The van der Waals surface area contributed by atoms with Crippen molar-refractivity contribution in [2.24, 2.45) is 5.92 Å². The Kier molecular flexibility index (Phi) is 6.80. The van der Waals surface area contributed by atoms with Crippen LogP contribution < -0.4 is 10.6 Å². The lowest BCUT2D eigenvalue weighted by atomic mass is 10.0. The van der Waals surface area contributed by atoms with E-state index in [1.807, 2.05) is 13.8 Å². The minimum Gasteiger partial charge on any atom is -0.480 e. The monoisotopic (exact) mass is 240 g/mol. The zero-order valence-electron chi connectivity index (χ0n) is 10.5. The molecule has 3 N–H and O–H groups in total. The quantitative estimate of drug-likeness (QED) is 0.610. The third-order valence-corrected chi connectivity index (χ3v) is 2.11. The van der Waals surface area contributed by atoms with Crippen molar-refractivity contribution >= 4 is 12.0 Å². The molecular formula is C12H20N2O3. The third kappa shape index (κ3) is 7.23. The second kappa shape index (κ2) is 7.55. The summed E-state index contributed by atoms with van der Waals surface area (Å²) in [7, 11) is 0. The average molecular weight is 240 g/mol. The predicted molar refractivity (Wildman–Crippen MR) is 65.5 cm³/mol. The van der Waals surface area contributed by atoms with Gasteiger partial charge in [0.05, 0.1) is 0 Å². The molecule has 5 heteroatoms. The number of carbonyl (C=O) groups is 2. The van der Waals surface area contributed by atoms with Gasteiger partial charge in [0, 0.05) is 12.5 Å². The van der Waals surface area contributed by atoms with E-state index in [-0.39, 0.29) is 12.0 Å². The van der Waals surface area contributed by atoms with E-state index in [0.717, 1.165) is 0 Å². The topological polar surface area (TPSA) is 78.4 Å². The molecule has 0 saturated carbocycles. The molecule has 0 aliphatic heterocycles. The summed E-state index contributed by atoms with van der Waals surface area (Å²) in [4.78, 5) is 22.4. The maximum absolute atomic E-state index is 11.5. The van der Waals surface area contributed by atoms with Crippen molar-refractivity contribution in [1.82, 2.24) is 10.6 Å². The smallest absolute Gasteiger partial charge is 0.326 e. The first-order chi connectivity index (χ1) is 7.86. The minimum absolute atomic E-state index is 0.173. The lowest BCUT2D eigenvalue weighted by Crippen LogP contribution is -2.48. The molecular weight excluding hydrogens is 220 g/mol. The number of hydrogen-bond acceptors (Lipinski definition) is 2. The van der Waals surface area contributed by atoms with Gasteiger partial charge in [0.15, 0.2) is 0 Å². The first-order valence-corrected chi connectivity index (χ1v) is 5.60. The average Bonchev–Trinajstić information content (AvgIpc) is 2.15. The van der Waals surface area contributed by atoms with E-state index >= 15 is 0 Å². The number of aliphatic carboxylic acids is 1. The molecule has 0 bridgehead atoms. The Labute approximate surface area is 102 Å². The van der Waals surface area contributed by atoms with Crippen molar-refractivity contribution in [2.45, 2.75) is 45.7 Å². The van der Waals surface area contributed by atoms with Crippen molar-refractivity contribution < 1.29 is 14.7 Å². The van der Waals surface area contributed by atoms with E-state index in [9.17, 15) is 9.59 Å². The fraction of sp³-hybridized carbons (Fsp3) is 0.667. The standard InChI is InChI=1S/C12H20N2O3/c1-5-6-9(4)13-12(17)14-10(11(15)16)7-8(2)3/h1,8-10H,6-7H2,2-4H3,(H,15,16)(H2,13,14,17). The lowest BCUT2D eigenvalue weighted by molar-refractivity contribution is -0.139. The zero-order chi connectivity index (χ0) is 13.4. The molecule has 96 valence electrons. The zero-order valence-corrected chi connectivity index (χ0v) is 10.5. The Morgan fingerprint density at radius 1 is 1.29 bits per heavy atom. The number of carboxylic acid groups (broad SMARTS) is 1. The highest BCUT2D eigenvalue weighted by molar-refractivity contribution is 5.82. The molecule has 0 aromatic rings. The number of carbonyl (C=O) groups excluding carboxylic acids is 1. The van der Waals surface area contributed by atoms with Crippen molar-refractivity contribution in [3.05, 3.63) is 0 Å². The van der Waals surface area contributed by atoms with Crippen LogP contribution in [0.2, 0.25) is 0 Å². The molecule has 0 saturated heterocycles. The van der Waals surface area contributed by atoms with E-state index in [4.69, 9.17) is 11.5 Å². The highest BCUT2D eigenvalue weighted by Gasteiger charge is 2.21. The number of rotatable bonds is 6. The van der Waals surface area contributed by atoms with Gasteiger partial charge in [-0.15, -0.1) is 12.3 Å². The van der Waals surface area contributed by atoms with E-state index in [0.29, 0.717) is 12.8 Å². The lowest BCUT2D eigenvalue weighted by Gasteiger charge is -2.18. The summed E-state index contributed by atoms with van der Waals surface area (Å²) >= 11 is 0. The Morgan fingerprint density at radius 2 is 1.88 bits per heavy atom. The highest BCUT2D eigenvalue weighted by Crippen LogP contribution is 2.04. The van der Waals surface area contributed by atoms with Gasteiger partial charge in [-0.05, 0) is 19.3 Å². The Hall–Kier alpha value is -1.70. The van der Waals surface area contributed by atoms with Gasteiger partial charge in [-0.1, -0.05) is 13.8 Å². The maximum Gasteiger partial charge on any atom is 0.326 e. The minimum atomic E-state index is -1.03. The van der Waals surface area contributed by atoms with E-state index in [1.165, 1.54) is 0 Å². The van der Waals surface area contributed by atoms with E-state index < -0.39 is 18.0 Å². The van der Waals surface area contributed by atoms with Crippen molar-refractivity contribution in [3.63, 3.8) is 0 Å². The van der Waals surface area contributed by atoms with Gasteiger partial charge in [-0.25, -0.2) is 9.59 Å². The third-order valence-electron chi connectivity index (χ3n) is 2.11.